The number of nitrogens with zero attached hydrogens (tertiary/aromatic N) is 4. The van der Waals surface area contributed by atoms with Crippen LogP contribution >= 0.6 is 11.6 Å². The Morgan fingerprint density at radius 2 is 1.65 bits per heavy atom. The van der Waals surface area contributed by atoms with Crippen LogP contribution in [0.25, 0.3) is 11.2 Å². The molecule has 2 aromatic carbocycles. The second-order valence-corrected chi connectivity index (χ2v) is 8.60. The number of aryl methyl sites for hydroxylation is 1. The van der Waals surface area contributed by atoms with E-state index in [1.54, 1.807) is 43.3 Å². The molecule has 12 heteroatoms. The number of benzene rings is 2. The van der Waals surface area contributed by atoms with E-state index in [9.17, 15) is 9.59 Å². The van der Waals surface area contributed by atoms with Gasteiger partial charge in [0.05, 0.1) is 17.5 Å². The number of ether oxygens (including phenoxy) is 3. The summed E-state index contributed by atoms with van der Waals surface area (Å²) in [4.78, 5) is 37.4. The Hall–Kier alpha value is -3.96. The zero-order chi connectivity index (χ0) is 26.2. The highest BCUT2D eigenvalue weighted by Gasteiger charge is 2.63. The van der Waals surface area contributed by atoms with Crippen molar-refractivity contribution in [2.24, 2.45) is 0 Å². The molecule has 1 aliphatic heterocycles. The summed E-state index contributed by atoms with van der Waals surface area (Å²) < 4.78 is 48.9. The molecule has 0 radical (unpaired) electrons. The average Bonchev–Trinajstić information content (AvgIpc) is 3.41. The SMILES string of the molecule is Cc1nc(Cl)c2ncn([C@@H]3O[C@H](COC(=O)c4ccccc4)[C@@H](OC(=O)c4ccccc4)C3(F)F)c2n1. The molecule has 3 atom stereocenters. The standard InChI is InChI=1S/C25H19ClF2N4O5/c1-14-30-20(26)18-21(31-14)32(13-29-18)24-25(27,28)19(37-23(34)16-10-6-3-7-11-16)17(36-24)12-35-22(33)15-8-4-2-5-9-15/h2-11,13,17,19,24H,12H2,1H3/t17-,19-,24-/m1/s1. The third kappa shape index (κ3) is 4.75. The lowest BCUT2D eigenvalue weighted by Gasteiger charge is -2.24. The summed E-state index contributed by atoms with van der Waals surface area (Å²) in [5.74, 6) is -5.26. The first-order valence-corrected chi connectivity index (χ1v) is 11.5. The summed E-state index contributed by atoms with van der Waals surface area (Å²) in [6.45, 7) is 0.945. The summed E-state index contributed by atoms with van der Waals surface area (Å²) in [5.41, 5.74) is 0.412. The predicted octanol–water partition coefficient (Wildman–Crippen LogP) is 4.40. The van der Waals surface area contributed by atoms with Gasteiger partial charge in [0, 0.05) is 0 Å². The minimum atomic E-state index is -3.77. The summed E-state index contributed by atoms with van der Waals surface area (Å²) in [6, 6.07) is 15.7. The van der Waals surface area contributed by atoms with Crippen molar-refractivity contribution in [1.29, 1.82) is 0 Å². The Labute approximate surface area is 214 Å². The molecule has 3 heterocycles. The van der Waals surface area contributed by atoms with Crippen LogP contribution < -0.4 is 0 Å². The van der Waals surface area contributed by atoms with Crippen molar-refractivity contribution in [2.75, 3.05) is 6.61 Å². The number of alkyl halides is 2. The Morgan fingerprint density at radius 1 is 1.03 bits per heavy atom. The van der Waals surface area contributed by atoms with Crippen LogP contribution in [-0.2, 0) is 14.2 Å². The molecule has 0 unspecified atom stereocenters. The normalized spacial score (nSPS) is 20.6. The molecule has 9 nitrogen and oxygen atoms in total. The maximum absolute atomic E-state index is 15.9. The van der Waals surface area contributed by atoms with Gasteiger partial charge in [-0.2, -0.15) is 8.78 Å². The first-order valence-electron chi connectivity index (χ1n) is 11.1. The van der Waals surface area contributed by atoms with Gasteiger partial charge >= 0.3 is 17.9 Å². The molecule has 0 N–H and O–H groups in total. The van der Waals surface area contributed by atoms with Crippen molar-refractivity contribution in [3.8, 4) is 0 Å². The van der Waals surface area contributed by atoms with E-state index in [-0.39, 0.29) is 33.3 Å². The lowest BCUT2D eigenvalue weighted by molar-refractivity contribution is -0.140. The van der Waals surface area contributed by atoms with Gasteiger partial charge in [-0.15, -0.1) is 0 Å². The van der Waals surface area contributed by atoms with Crippen molar-refractivity contribution in [3.63, 3.8) is 0 Å². The van der Waals surface area contributed by atoms with Gasteiger partial charge in [0.1, 0.15) is 24.1 Å². The molecule has 5 rings (SSSR count). The van der Waals surface area contributed by atoms with Crippen LogP contribution in [-0.4, -0.2) is 56.2 Å². The third-order valence-corrected chi connectivity index (χ3v) is 5.99. The molecule has 2 aromatic heterocycles. The minimum Gasteiger partial charge on any atom is -0.459 e. The zero-order valence-corrected chi connectivity index (χ0v) is 20.0. The molecule has 0 amide bonds. The molecule has 4 aromatic rings. The third-order valence-electron chi connectivity index (χ3n) is 5.72. The lowest BCUT2D eigenvalue weighted by atomic mass is 10.1. The topological polar surface area (TPSA) is 105 Å². The first-order chi connectivity index (χ1) is 17.8. The maximum atomic E-state index is 15.9. The second-order valence-electron chi connectivity index (χ2n) is 8.24. The fourth-order valence-electron chi connectivity index (χ4n) is 3.98. The second kappa shape index (κ2) is 9.83. The summed E-state index contributed by atoms with van der Waals surface area (Å²) in [6.07, 6.45) is -4.49. The maximum Gasteiger partial charge on any atom is 0.338 e. The number of aromatic nitrogens is 4. The van der Waals surface area contributed by atoms with E-state index in [1.165, 1.54) is 24.3 Å². The van der Waals surface area contributed by atoms with Gasteiger partial charge in [-0.05, 0) is 31.2 Å². The van der Waals surface area contributed by atoms with Crippen molar-refractivity contribution in [3.05, 3.63) is 89.1 Å². The fourth-order valence-corrected chi connectivity index (χ4v) is 4.23. The number of esters is 2. The molecule has 1 saturated heterocycles. The number of halogens is 3. The average molecular weight is 529 g/mol. The lowest BCUT2D eigenvalue weighted by Crippen LogP contribution is -2.43. The van der Waals surface area contributed by atoms with Crippen LogP contribution in [0.15, 0.2) is 67.0 Å². The molecule has 0 bridgehead atoms. The van der Waals surface area contributed by atoms with Gasteiger partial charge in [-0.3, -0.25) is 4.57 Å². The van der Waals surface area contributed by atoms with Crippen LogP contribution in [0.5, 0.6) is 0 Å². The number of carbonyl (C=O) groups is 2. The highest BCUT2D eigenvalue weighted by atomic mass is 35.5. The Morgan fingerprint density at radius 3 is 2.30 bits per heavy atom. The van der Waals surface area contributed by atoms with Crippen molar-refractivity contribution in [1.82, 2.24) is 19.5 Å². The van der Waals surface area contributed by atoms with Crippen LogP contribution in [0.4, 0.5) is 8.78 Å². The van der Waals surface area contributed by atoms with Gasteiger partial charge in [0.25, 0.3) is 0 Å². The molecular formula is C25H19ClF2N4O5. The fraction of sp³-hybridized carbons (Fsp3) is 0.240. The van der Waals surface area contributed by atoms with Crippen LogP contribution in [0.2, 0.25) is 5.15 Å². The van der Waals surface area contributed by atoms with E-state index in [0.29, 0.717) is 0 Å². The van der Waals surface area contributed by atoms with Crippen LogP contribution in [0.1, 0.15) is 32.8 Å². The van der Waals surface area contributed by atoms with E-state index >= 15 is 8.78 Å². The quantitative estimate of drug-likeness (QED) is 0.268. The number of imidazole rings is 1. The molecule has 0 aliphatic carbocycles. The summed E-state index contributed by atoms with van der Waals surface area (Å²) in [5, 5.41) is -0.0111. The molecular weight excluding hydrogens is 510 g/mol. The number of hydrogen-bond donors (Lipinski definition) is 0. The first kappa shape index (κ1) is 24.7. The molecule has 0 saturated carbocycles. The summed E-state index contributed by atoms with van der Waals surface area (Å²) in [7, 11) is 0. The highest BCUT2D eigenvalue weighted by Crippen LogP contribution is 2.46. The Balaban J connectivity index is 1.47. The molecule has 37 heavy (non-hydrogen) atoms. The molecule has 190 valence electrons. The molecule has 1 fully saturated rings. The highest BCUT2D eigenvalue weighted by molar-refractivity contribution is 6.33. The number of fused-ring (bicyclic) bond motifs is 1. The van der Waals surface area contributed by atoms with E-state index in [0.717, 1.165) is 10.9 Å². The van der Waals surface area contributed by atoms with E-state index < -0.39 is 42.9 Å². The van der Waals surface area contributed by atoms with Crippen LogP contribution in [0, 0.1) is 6.92 Å². The van der Waals surface area contributed by atoms with E-state index in [4.69, 9.17) is 25.8 Å². The van der Waals surface area contributed by atoms with Gasteiger partial charge in [-0.1, -0.05) is 48.0 Å². The van der Waals surface area contributed by atoms with Crippen molar-refractivity contribution in [2.45, 2.75) is 31.3 Å². The largest absolute Gasteiger partial charge is 0.459 e. The summed E-state index contributed by atoms with van der Waals surface area (Å²) >= 11 is 6.11. The van der Waals surface area contributed by atoms with E-state index in [2.05, 4.69) is 15.0 Å². The van der Waals surface area contributed by atoms with Crippen LogP contribution in [0.3, 0.4) is 0 Å². The molecule has 0 spiro atoms. The zero-order valence-electron chi connectivity index (χ0n) is 19.3. The van der Waals surface area contributed by atoms with Crippen molar-refractivity contribution < 1.29 is 32.6 Å². The van der Waals surface area contributed by atoms with Gasteiger partial charge < -0.3 is 14.2 Å². The van der Waals surface area contributed by atoms with Gasteiger partial charge in [0.15, 0.2) is 16.9 Å². The number of rotatable bonds is 6. The molecule has 1 aliphatic rings. The smallest absolute Gasteiger partial charge is 0.338 e. The van der Waals surface area contributed by atoms with Crippen molar-refractivity contribution >= 4 is 34.7 Å². The number of carbonyl (C=O) groups excluding carboxylic acids is 2. The monoisotopic (exact) mass is 528 g/mol. The van der Waals surface area contributed by atoms with Gasteiger partial charge in [-0.25, -0.2) is 24.5 Å². The minimum absolute atomic E-state index is 0.0111. The van der Waals surface area contributed by atoms with Gasteiger partial charge in [0.2, 0.25) is 6.23 Å². The Kier molecular flexibility index (Phi) is 6.57. The number of hydrogen-bond acceptors (Lipinski definition) is 8. The predicted molar refractivity (Wildman–Crippen MR) is 126 cm³/mol. The van der Waals surface area contributed by atoms with E-state index in [1.807, 2.05) is 0 Å². The Bertz CT molecular complexity index is 1450.